The molecule has 1 aliphatic heterocycles. The second-order valence-electron chi connectivity index (χ2n) is 9.95. The molecule has 0 saturated carbocycles. The fourth-order valence-corrected chi connectivity index (χ4v) is 5.02. The van der Waals surface area contributed by atoms with Gasteiger partial charge < -0.3 is 4.74 Å². The maximum absolute atomic E-state index is 6.29. The number of aryl methyl sites for hydroxylation is 1. The highest BCUT2D eigenvalue weighted by atomic mass is 16.5. The summed E-state index contributed by atoms with van der Waals surface area (Å²) in [6, 6.07) is 18.3. The van der Waals surface area contributed by atoms with Crippen LogP contribution in [0, 0.1) is 5.92 Å². The van der Waals surface area contributed by atoms with Gasteiger partial charge in [-0.15, -0.1) is 0 Å². The van der Waals surface area contributed by atoms with Gasteiger partial charge in [0.1, 0.15) is 0 Å². The van der Waals surface area contributed by atoms with Gasteiger partial charge in [-0.2, -0.15) is 0 Å². The van der Waals surface area contributed by atoms with E-state index in [0.29, 0.717) is 0 Å². The number of unbranched alkanes of at least 4 members (excludes halogenated alkanes) is 8. The predicted octanol–water partition coefficient (Wildman–Crippen LogP) is 9.69. The van der Waals surface area contributed by atoms with E-state index in [2.05, 4.69) is 62.4 Å². The highest BCUT2D eigenvalue weighted by molar-refractivity contribution is 5.64. The first-order valence-corrected chi connectivity index (χ1v) is 13.6. The number of ether oxygens (including phenoxy) is 1. The standard InChI is InChI=1S/C31H46O/c1-3-5-7-9-10-12-14-27-17-24-31(32-25-27)30-22-20-29(21-23-30)28-18-15-26(16-19-28)13-11-8-6-4-2/h15-16,18-23,27,31H,3-14,17,24-25H2,1-2H3. The van der Waals surface area contributed by atoms with E-state index in [4.69, 9.17) is 4.74 Å². The molecule has 1 heterocycles. The van der Waals surface area contributed by atoms with Crippen molar-refractivity contribution in [3.8, 4) is 11.1 Å². The fraction of sp³-hybridized carbons (Fsp3) is 0.613. The average Bonchev–Trinajstić information content (AvgIpc) is 2.85. The molecule has 1 saturated heterocycles. The molecule has 2 atom stereocenters. The van der Waals surface area contributed by atoms with E-state index in [1.165, 1.54) is 112 Å². The summed E-state index contributed by atoms with van der Waals surface area (Å²) in [5, 5.41) is 0. The lowest BCUT2D eigenvalue weighted by Gasteiger charge is -2.29. The van der Waals surface area contributed by atoms with Crippen molar-refractivity contribution in [1.82, 2.24) is 0 Å². The Morgan fingerprint density at radius 2 is 1.25 bits per heavy atom. The van der Waals surface area contributed by atoms with Gasteiger partial charge in [0.15, 0.2) is 0 Å². The minimum Gasteiger partial charge on any atom is -0.373 e. The van der Waals surface area contributed by atoms with Gasteiger partial charge in [0.25, 0.3) is 0 Å². The number of hydrogen-bond acceptors (Lipinski definition) is 1. The van der Waals surface area contributed by atoms with Gasteiger partial charge in [0, 0.05) is 0 Å². The Kier molecular flexibility index (Phi) is 11.4. The quantitative estimate of drug-likeness (QED) is 0.269. The van der Waals surface area contributed by atoms with Crippen LogP contribution in [0.1, 0.15) is 115 Å². The van der Waals surface area contributed by atoms with Crippen molar-refractivity contribution < 1.29 is 4.74 Å². The highest BCUT2D eigenvalue weighted by Gasteiger charge is 2.22. The third-order valence-corrected chi connectivity index (χ3v) is 7.22. The Balaban J connectivity index is 1.40. The minimum atomic E-state index is 0.287. The molecule has 0 aliphatic carbocycles. The van der Waals surface area contributed by atoms with Gasteiger partial charge >= 0.3 is 0 Å². The average molecular weight is 435 g/mol. The molecule has 176 valence electrons. The van der Waals surface area contributed by atoms with Crippen molar-refractivity contribution >= 4 is 0 Å². The van der Waals surface area contributed by atoms with Crippen LogP contribution >= 0.6 is 0 Å². The Labute approximate surface area is 198 Å². The van der Waals surface area contributed by atoms with Gasteiger partial charge in [0.05, 0.1) is 12.7 Å². The summed E-state index contributed by atoms with van der Waals surface area (Å²) in [7, 11) is 0. The van der Waals surface area contributed by atoms with Crippen LogP contribution < -0.4 is 0 Å². The lowest BCUT2D eigenvalue weighted by molar-refractivity contribution is -0.0199. The predicted molar refractivity (Wildman–Crippen MR) is 139 cm³/mol. The van der Waals surface area contributed by atoms with E-state index in [1.54, 1.807) is 0 Å². The van der Waals surface area contributed by atoms with Gasteiger partial charge in [-0.1, -0.05) is 120 Å². The largest absolute Gasteiger partial charge is 0.373 e. The zero-order valence-corrected chi connectivity index (χ0v) is 20.8. The van der Waals surface area contributed by atoms with Crippen LogP contribution in [-0.4, -0.2) is 6.61 Å². The highest BCUT2D eigenvalue weighted by Crippen LogP contribution is 2.33. The summed E-state index contributed by atoms with van der Waals surface area (Å²) < 4.78 is 6.29. The zero-order valence-electron chi connectivity index (χ0n) is 20.8. The number of benzene rings is 2. The van der Waals surface area contributed by atoms with Crippen LogP contribution in [-0.2, 0) is 11.2 Å². The Morgan fingerprint density at radius 1 is 0.656 bits per heavy atom. The summed E-state index contributed by atoms with van der Waals surface area (Å²) in [4.78, 5) is 0. The molecule has 0 amide bonds. The third-order valence-electron chi connectivity index (χ3n) is 7.22. The lowest BCUT2D eigenvalue weighted by Crippen LogP contribution is -2.20. The van der Waals surface area contributed by atoms with E-state index >= 15 is 0 Å². The number of rotatable bonds is 14. The maximum Gasteiger partial charge on any atom is 0.0825 e. The van der Waals surface area contributed by atoms with Crippen molar-refractivity contribution in [2.24, 2.45) is 5.92 Å². The zero-order chi connectivity index (χ0) is 22.4. The SMILES string of the molecule is CCCCCCCCC1CCC(c2ccc(-c3ccc(CCCCCC)cc3)cc2)OC1. The molecular weight excluding hydrogens is 388 g/mol. The first kappa shape index (κ1) is 25.0. The second-order valence-corrected chi connectivity index (χ2v) is 9.95. The third kappa shape index (κ3) is 8.39. The topological polar surface area (TPSA) is 9.23 Å². The fourth-order valence-electron chi connectivity index (χ4n) is 5.02. The molecule has 2 unspecified atom stereocenters. The molecule has 1 heteroatoms. The molecule has 0 bridgehead atoms. The van der Waals surface area contributed by atoms with Gasteiger partial charge in [-0.3, -0.25) is 0 Å². The Morgan fingerprint density at radius 3 is 1.88 bits per heavy atom. The van der Waals surface area contributed by atoms with Crippen molar-refractivity contribution in [1.29, 1.82) is 0 Å². The first-order chi connectivity index (χ1) is 15.8. The van der Waals surface area contributed by atoms with Crippen LogP contribution in [0.2, 0.25) is 0 Å². The molecule has 0 aromatic heterocycles. The normalized spacial score (nSPS) is 18.7. The molecule has 32 heavy (non-hydrogen) atoms. The number of hydrogen-bond donors (Lipinski definition) is 0. The maximum atomic E-state index is 6.29. The minimum absolute atomic E-state index is 0.287. The molecule has 2 aromatic carbocycles. The molecule has 0 spiro atoms. The molecule has 0 radical (unpaired) electrons. The summed E-state index contributed by atoms with van der Waals surface area (Å²) in [5.74, 6) is 0.775. The molecule has 1 aliphatic rings. The summed E-state index contributed by atoms with van der Waals surface area (Å²) in [6.45, 7) is 5.51. The second kappa shape index (κ2) is 14.5. The molecule has 3 rings (SSSR count). The van der Waals surface area contributed by atoms with E-state index in [1.807, 2.05) is 0 Å². The van der Waals surface area contributed by atoms with Crippen molar-refractivity contribution in [2.45, 2.75) is 110 Å². The molecule has 2 aromatic rings. The van der Waals surface area contributed by atoms with Crippen molar-refractivity contribution in [3.05, 3.63) is 59.7 Å². The first-order valence-electron chi connectivity index (χ1n) is 13.6. The van der Waals surface area contributed by atoms with E-state index < -0.39 is 0 Å². The van der Waals surface area contributed by atoms with Gasteiger partial charge in [-0.25, -0.2) is 0 Å². The van der Waals surface area contributed by atoms with Gasteiger partial charge in [0.2, 0.25) is 0 Å². The van der Waals surface area contributed by atoms with Crippen LogP contribution in [0.3, 0.4) is 0 Å². The van der Waals surface area contributed by atoms with E-state index in [-0.39, 0.29) is 6.10 Å². The van der Waals surface area contributed by atoms with Crippen LogP contribution in [0.15, 0.2) is 48.5 Å². The van der Waals surface area contributed by atoms with Gasteiger partial charge in [-0.05, 0) is 60.3 Å². The molecule has 0 N–H and O–H groups in total. The van der Waals surface area contributed by atoms with E-state index in [0.717, 1.165) is 12.5 Å². The van der Waals surface area contributed by atoms with Crippen LogP contribution in [0.25, 0.3) is 11.1 Å². The molecule has 1 fully saturated rings. The van der Waals surface area contributed by atoms with Crippen molar-refractivity contribution in [3.63, 3.8) is 0 Å². The summed E-state index contributed by atoms with van der Waals surface area (Å²) in [6.07, 6.45) is 19.0. The van der Waals surface area contributed by atoms with E-state index in [9.17, 15) is 0 Å². The monoisotopic (exact) mass is 434 g/mol. The van der Waals surface area contributed by atoms with Crippen LogP contribution in [0.5, 0.6) is 0 Å². The lowest BCUT2D eigenvalue weighted by atomic mass is 9.90. The summed E-state index contributed by atoms with van der Waals surface area (Å²) >= 11 is 0. The molecule has 1 nitrogen and oxygen atoms in total. The summed E-state index contributed by atoms with van der Waals surface area (Å²) in [5.41, 5.74) is 5.44. The van der Waals surface area contributed by atoms with Crippen LogP contribution in [0.4, 0.5) is 0 Å². The Bertz CT molecular complexity index is 722. The smallest absolute Gasteiger partial charge is 0.0825 e. The van der Waals surface area contributed by atoms with Crippen molar-refractivity contribution in [2.75, 3.05) is 6.61 Å². The molecular formula is C31H46O. The Hall–Kier alpha value is -1.60.